The number of imidazole rings is 1. The predicted octanol–water partition coefficient (Wildman–Crippen LogP) is 11.9. The van der Waals surface area contributed by atoms with Gasteiger partial charge in [0, 0.05) is 16.3 Å². The highest BCUT2D eigenvalue weighted by molar-refractivity contribution is 6.13. The van der Waals surface area contributed by atoms with E-state index < -0.39 is 0 Å². The maximum Gasteiger partial charge on any atom is 0.145 e. The van der Waals surface area contributed by atoms with Crippen LogP contribution in [0, 0.1) is 34.6 Å². The van der Waals surface area contributed by atoms with Gasteiger partial charge in [0.05, 0.1) is 17.4 Å². The minimum absolute atomic E-state index is 0.994. The van der Waals surface area contributed by atoms with Gasteiger partial charge in [-0.2, -0.15) is 0 Å². The third-order valence-corrected chi connectivity index (χ3v) is 9.43. The summed E-state index contributed by atoms with van der Waals surface area (Å²) in [6, 6.07) is 44.9. The van der Waals surface area contributed by atoms with Crippen LogP contribution >= 0.6 is 0 Å². The molecule has 0 aliphatic carbocycles. The van der Waals surface area contributed by atoms with E-state index in [2.05, 4.69) is 167 Å². The zero-order valence-corrected chi connectivity index (χ0v) is 27.0. The Bertz CT molecular complexity index is 2350. The van der Waals surface area contributed by atoms with Crippen LogP contribution in [0.3, 0.4) is 0 Å². The Balaban J connectivity index is 1.39. The van der Waals surface area contributed by atoms with Crippen LogP contribution in [0.2, 0.25) is 0 Å². The molecule has 0 fully saturated rings. The van der Waals surface area contributed by atoms with E-state index in [0.29, 0.717) is 0 Å². The molecule has 222 valence electrons. The van der Waals surface area contributed by atoms with E-state index in [1.54, 1.807) is 0 Å². The van der Waals surface area contributed by atoms with Crippen molar-refractivity contribution in [2.75, 3.05) is 0 Å². The summed E-state index contributed by atoms with van der Waals surface area (Å²) < 4.78 is 2.37. The van der Waals surface area contributed by atoms with Crippen LogP contribution in [-0.2, 0) is 0 Å². The molecule has 6 aromatic carbocycles. The van der Waals surface area contributed by atoms with E-state index in [9.17, 15) is 0 Å². The molecule has 0 aliphatic rings. The molecule has 0 radical (unpaired) electrons. The standard InChI is InChI=1S/C44H36N2/c1-27-10-14-32(15-11-27)35-22-36(33-16-12-28(2)13-17-33)24-37(23-35)34-18-19-41-40(25-34)38-8-6-7-9-39(38)44-45-26-42(46(41)44)43-30(4)20-29(3)21-31(43)5/h6-26H,1-5H3. The Kier molecular flexibility index (Phi) is 6.62. The first-order valence-corrected chi connectivity index (χ1v) is 16.0. The Morgan fingerprint density at radius 2 is 0.957 bits per heavy atom. The Morgan fingerprint density at radius 1 is 0.435 bits per heavy atom. The van der Waals surface area contributed by atoms with E-state index in [-0.39, 0.29) is 0 Å². The van der Waals surface area contributed by atoms with Crippen LogP contribution in [-0.4, -0.2) is 9.38 Å². The SMILES string of the molecule is Cc1ccc(-c2cc(-c3ccc(C)cc3)cc(-c3ccc4c(c3)c3ccccc3c3ncc(-c5c(C)cc(C)cc5C)n43)c2)cc1. The van der Waals surface area contributed by atoms with Gasteiger partial charge in [-0.15, -0.1) is 0 Å². The van der Waals surface area contributed by atoms with E-state index in [1.165, 1.54) is 77.5 Å². The lowest BCUT2D eigenvalue weighted by Crippen LogP contribution is -1.97. The summed E-state index contributed by atoms with van der Waals surface area (Å²) in [5.74, 6) is 0. The lowest BCUT2D eigenvalue weighted by atomic mass is 9.92. The van der Waals surface area contributed by atoms with Gasteiger partial charge in [0.2, 0.25) is 0 Å². The van der Waals surface area contributed by atoms with Crippen LogP contribution in [0.1, 0.15) is 27.8 Å². The molecule has 0 saturated carbocycles. The lowest BCUT2D eigenvalue weighted by molar-refractivity contribution is 1.24. The summed E-state index contributed by atoms with van der Waals surface area (Å²) >= 11 is 0. The van der Waals surface area contributed by atoms with Gasteiger partial charge in [0.25, 0.3) is 0 Å². The Labute approximate surface area is 270 Å². The number of benzene rings is 6. The molecule has 8 rings (SSSR count). The van der Waals surface area contributed by atoms with Crippen LogP contribution < -0.4 is 0 Å². The normalized spacial score (nSPS) is 11.6. The Morgan fingerprint density at radius 3 is 1.54 bits per heavy atom. The summed E-state index contributed by atoms with van der Waals surface area (Å²) in [4.78, 5) is 5.02. The second kappa shape index (κ2) is 10.9. The van der Waals surface area contributed by atoms with Crippen molar-refractivity contribution in [3.63, 3.8) is 0 Å². The molecular formula is C44H36N2. The molecular weight excluding hydrogens is 556 g/mol. The largest absolute Gasteiger partial charge is 0.292 e. The zero-order chi connectivity index (χ0) is 31.5. The third-order valence-electron chi connectivity index (χ3n) is 9.43. The summed E-state index contributed by atoms with van der Waals surface area (Å²) in [7, 11) is 0. The van der Waals surface area contributed by atoms with Crippen LogP contribution in [0.15, 0.2) is 128 Å². The zero-order valence-electron chi connectivity index (χ0n) is 27.0. The molecule has 0 saturated heterocycles. The van der Waals surface area contributed by atoms with E-state index in [1.807, 2.05) is 0 Å². The van der Waals surface area contributed by atoms with Crippen molar-refractivity contribution in [3.05, 3.63) is 155 Å². The predicted molar refractivity (Wildman–Crippen MR) is 196 cm³/mol. The number of pyridine rings is 1. The maximum absolute atomic E-state index is 5.02. The monoisotopic (exact) mass is 592 g/mol. The van der Waals surface area contributed by atoms with E-state index in [4.69, 9.17) is 4.98 Å². The number of aromatic nitrogens is 2. The van der Waals surface area contributed by atoms with Gasteiger partial charge in [0.1, 0.15) is 5.65 Å². The number of fused-ring (bicyclic) bond motifs is 6. The molecule has 0 spiro atoms. The molecule has 0 N–H and O–H groups in total. The first-order valence-electron chi connectivity index (χ1n) is 16.0. The second-order valence-corrected chi connectivity index (χ2v) is 12.9. The Hall–Kier alpha value is -5.47. The lowest BCUT2D eigenvalue weighted by Gasteiger charge is -2.16. The highest BCUT2D eigenvalue weighted by Crippen LogP contribution is 2.39. The van der Waals surface area contributed by atoms with Crippen molar-refractivity contribution < 1.29 is 0 Å². The number of nitrogens with zero attached hydrogens (tertiary/aromatic N) is 2. The third kappa shape index (κ3) is 4.69. The fourth-order valence-electron chi connectivity index (χ4n) is 7.21. The minimum atomic E-state index is 0.994. The van der Waals surface area contributed by atoms with Crippen molar-refractivity contribution in [3.8, 4) is 44.6 Å². The molecule has 46 heavy (non-hydrogen) atoms. The molecule has 2 heteroatoms. The molecule has 8 aromatic rings. The molecule has 0 atom stereocenters. The van der Waals surface area contributed by atoms with Crippen LogP contribution in [0.25, 0.3) is 72.0 Å². The van der Waals surface area contributed by atoms with Crippen molar-refractivity contribution in [2.24, 2.45) is 0 Å². The van der Waals surface area contributed by atoms with Gasteiger partial charge < -0.3 is 0 Å². The fourth-order valence-corrected chi connectivity index (χ4v) is 7.21. The van der Waals surface area contributed by atoms with Crippen molar-refractivity contribution in [1.29, 1.82) is 0 Å². The first-order chi connectivity index (χ1) is 22.3. The highest BCUT2D eigenvalue weighted by atomic mass is 15.0. The summed E-state index contributed by atoms with van der Waals surface area (Å²) in [5, 5.41) is 3.60. The van der Waals surface area contributed by atoms with Crippen LogP contribution in [0.4, 0.5) is 0 Å². The number of hydrogen-bond donors (Lipinski definition) is 0. The van der Waals surface area contributed by atoms with Crippen LogP contribution in [0.5, 0.6) is 0 Å². The van der Waals surface area contributed by atoms with Gasteiger partial charge in [-0.05, 0) is 115 Å². The molecule has 0 unspecified atom stereocenters. The molecule has 2 nitrogen and oxygen atoms in total. The quantitative estimate of drug-likeness (QED) is 0.186. The van der Waals surface area contributed by atoms with E-state index in [0.717, 1.165) is 22.2 Å². The summed E-state index contributed by atoms with van der Waals surface area (Å²) in [5.41, 5.74) is 18.2. The molecule has 0 amide bonds. The molecule has 0 bridgehead atoms. The summed E-state index contributed by atoms with van der Waals surface area (Å²) in [6.07, 6.45) is 2.05. The van der Waals surface area contributed by atoms with Crippen molar-refractivity contribution in [1.82, 2.24) is 9.38 Å². The molecule has 2 heterocycles. The average molecular weight is 593 g/mol. The molecule has 0 aliphatic heterocycles. The van der Waals surface area contributed by atoms with Crippen molar-refractivity contribution >= 4 is 27.3 Å². The fraction of sp³-hybridized carbons (Fsp3) is 0.114. The van der Waals surface area contributed by atoms with Gasteiger partial charge in [-0.1, -0.05) is 108 Å². The maximum atomic E-state index is 5.02. The van der Waals surface area contributed by atoms with Gasteiger partial charge in [-0.25, -0.2) is 4.98 Å². The number of hydrogen-bond acceptors (Lipinski definition) is 1. The van der Waals surface area contributed by atoms with Gasteiger partial charge >= 0.3 is 0 Å². The number of aryl methyl sites for hydroxylation is 5. The summed E-state index contributed by atoms with van der Waals surface area (Å²) in [6.45, 7) is 10.9. The van der Waals surface area contributed by atoms with E-state index >= 15 is 0 Å². The minimum Gasteiger partial charge on any atom is -0.292 e. The average Bonchev–Trinajstić information content (AvgIpc) is 3.50. The molecule has 2 aromatic heterocycles. The van der Waals surface area contributed by atoms with Crippen molar-refractivity contribution in [2.45, 2.75) is 34.6 Å². The topological polar surface area (TPSA) is 17.3 Å². The second-order valence-electron chi connectivity index (χ2n) is 12.9. The first kappa shape index (κ1) is 28.0. The highest BCUT2D eigenvalue weighted by Gasteiger charge is 2.18. The smallest absolute Gasteiger partial charge is 0.145 e. The number of rotatable bonds is 4. The van der Waals surface area contributed by atoms with Gasteiger partial charge in [-0.3, -0.25) is 4.40 Å². The van der Waals surface area contributed by atoms with Gasteiger partial charge in [0.15, 0.2) is 0 Å².